The lowest BCUT2D eigenvalue weighted by atomic mass is 9.93. The van der Waals surface area contributed by atoms with Crippen LogP contribution in [0.25, 0.3) is 0 Å². The highest BCUT2D eigenvalue weighted by atomic mass is 35.5. The normalized spacial score (nSPS) is 19.6. The molecule has 2 aliphatic rings. The Morgan fingerprint density at radius 3 is 2.70 bits per heavy atom. The molecule has 0 spiro atoms. The number of halogens is 2. The van der Waals surface area contributed by atoms with E-state index in [0.29, 0.717) is 11.5 Å². The summed E-state index contributed by atoms with van der Waals surface area (Å²) in [5, 5.41) is 16.8. The number of carbonyl (C=O) groups is 1. The van der Waals surface area contributed by atoms with Crippen LogP contribution in [-0.2, 0) is 17.7 Å². The van der Waals surface area contributed by atoms with E-state index >= 15 is 0 Å². The third-order valence-electron chi connectivity index (χ3n) is 5.73. The summed E-state index contributed by atoms with van der Waals surface area (Å²) in [7, 11) is 0. The van der Waals surface area contributed by atoms with Crippen LogP contribution in [0.4, 0.5) is 0 Å². The molecule has 0 bridgehead atoms. The van der Waals surface area contributed by atoms with Gasteiger partial charge < -0.3 is 20.5 Å². The summed E-state index contributed by atoms with van der Waals surface area (Å²) in [6, 6.07) is 11.8. The molecule has 2 atom stereocenters. The van der Waals surface area contributed by atoms with Crippen molar-refractivity contribution in [1.82, 2.24) is 15.6 Å². The number of amides is 1. The summed E-state index contributed by atoms with van der Waals surface area (Å²) in [4.78, 5) is 17.0. The molecule has 1 aromatic heterocycles. The number of benzene rings is 1. The van der Waals surface area contributed by atoms with Gasteiger partial charge in [0, 0.05) is 55.7 Å². The van der Waals surface area contributed by atoms with Gasteiger partial charge in [-0.05, 0) is 42.5 Å². The third kappa shape index (κ3) is 5.93. The second kappa shape index (κ2) is 11.6. The minimum Gasteiger partial charge on any atom is -0.390 e. The summed E-state index contributed by atoms with van der Waals surface area (Å²) in [6.07, 6.45) is 3.68. The van der Waals surface area contributed by atoms with Crippen molar-refractivity contribution in [3.8, 4) is 0 Å². The Morgan fingerprint density at radius 2 is 1.93 bits per heavy atom. The zero-order chi connectivity index (χ0) is 19.3. The molecule has 8 heteroatoms. The molecule has 1 aromatic carbocycles. The molecular formula is C22H29Cl2N3O3. The highest BCUT2D eigenvalue weighted by Gasteiger charge is 2.25. The minimum atomic E-state index is -0.644. The predicted octanol–water partition coefficient (Wildman–Crippen LogP) is 2.62. The maximum atomic E-state index is 12.6. The average Bonchev–Trinajstić information content (AvgIpc) is 2.77. The lowest BCUT2D eigenvalue weighted by molar-refractivity contribution is 0.0842. The molecule has 1 amide bonds. The van der Waals surface area contributed by atoms with E-state index in [1.54, 1.807) is 12.3 Å². The first-order valence-corrected chi connectivity index (χ1v) is 10.0. The SMILES string of the molecule is Cl.Cl.O=C(NC[C@@H](O)[C@@H]1Cc2ccccc2CN1)c1ccnc(C2CCOCC2)c1. The maximum absolute atomic E-state index is 12.6. The van der Waals surface area contributed by atoms with Crippen LogP contribution in [0.1, 0.15) is 45.9 Å². The first-order valence-electron chi connectivity index (χ1n) is 10.0. The Bertz CT molecular complexity index is 831. The van der Waals surface area contributed by atoms with E-state index in [9.17, 15) is 9.90 Å². The number of hydrogen-bond acceptors (Lipinski definition) is 5. The van der Waals surface area contributed by atoms with E-state index in [2.05, 4.69) is 27.8 Å². The number of pyridine rings is 1. The summed E-state index contributed by atoms with van der Waals surface area (Å²) in [6.45, 7) is 2.44. The molecule has 2 aromatic rings. The smallest absolute Gasteiger partial charge is 0.251 e. The topological polar surface area (TPSA) is 83.5 Å². The molecule has 0 unspecified atom stereocenters. The van der Waals surface area contributed by atoms with Crippen molar-refractivity contribution in [3.63, 3.8) is 0 Å². The first kappa shape index (κ1) is 24.6. The number of aliphatic hydroxyl groups excluding tert-OH is 1. The molecule has 1 saturated heterocycles. The van der Waals surface area contributed by atoms with Crippen LogP contribution >= 0.6 is 24.8 Å². The number of hydrogen-bond donors (Lipinski definition) is 3. The third-order valence-corrected chi connectivity index (χ3v) is 5.73. The summed E-state index contributed by atoms with van der Waals surface area (Å²) < 4.78 is 5.40. The van der Waals surface area contributed by atoms with E-state index in [1.807, 2.05) is 18.2 Å². The number of ether oxygens (including phenoxy) is 1. The fraction of sp³-hybridized carbons (Fsp3) is 0.455. The molecule has 3 N–H and O–H groups in total. The van der Waals surface area contributed by atoms with E-state index in [-0.39, 0.29) is 43.3 Å². The molecular weight excluding hydrogens is 425 g/mol. The predicted molar refractivity (Wildman–Crippen MR) is 121 cm³/mol. The van der Waals surface area contributed by atoms with Crippen LogP contribution in [0.5, 0.6) is 0 Å². The van der Waals surface area contributed by atoms with Crippen molar-refractivity contribution in [1.29, 1.82) is 0 Å². The number of aromatic nitrogens is 1. The van der Waals surface area contributed by atoms with Gasteiger partial charge in [-0.1, -0.05) is 24.3 Å². The second-order valence-electron chi connectivity index (χ2n) is 7.59. The number of fused-ring (bicyclic) bond motifs is 1. The fourth-order valence-corrected chi connectivity index (χ4v) is 4.00. The Balaban J connectivity index is 0.00000160. The van der Waals surface area contributed by atoms with Gasteiger partial charge in [0.1, 0.15) is 0 Å². The van der Waals surface area contributed by atoms with Crippen molar-refractivity contribution >= 4 is 30.7 Å². The van der Waals surface area contributed by atoms with Crippen molar-refractivity contribution < 1.29 is 14.6 Å². The van der Waals surface area contributed by atoms with E-state index < -0.39 is 6.10 Å². The van der Waals surface area contributed by atoms with Crippen LogP contribution < -0.4 is 10.6 Å². The maximum Gasteiger partial charge on any atom is 0.251 e. The lowest BCUT2D eigenvalue weighted by Crippen LogP contribution is -2.49. The van der Waals surface area contributed by atoms with Gasteiger partial charge in [-0.15, -0.1) is 24.8 Å². The second-order valence-corrected chi connectivity index (χ2v) is 7.59. The van der Waals surface area contributed by atoms with Gasteiger partial charge >= 0.3 is 0 Å². The van der Waals surface area contributed by atoms with E-state index in [0.717, 1.165) is 44.7 Å². The quantitative estimate of drug-likeness (QED) is 0.647. The molecule has 0 radical (unpaired) electrons. The van der Waals surface area contributed by atoms with Gasteiger partial charge in [-0.25, -0.2) is 0 Å². The Kier molecular flexibility index (Phi) is 9.52. The molecule has 0 saturated carbocycles. The fourth-order valence-electron chi connectivity index (χ4n) is 4.00. The van der Waals surface area contributed by atoms with Crippen molar-refractivity contribution in [2.45, 2.75) is 43.9 Å². The number of aliphatic hydroxyl groups is 1. The number of carbonyl (C=O) groups excluding carboxylic acids is 1. The van der Waals surface area contributed by atoms with Crippen LogP contribution in [-0.4, -0.2) is 47.9 Å². The molecule has 1 fully saturated rings. The first-order chi connectivity index (χ1) is 13.7. The monoisotopic (exact) mass is 453 g/mol. The van der Waals surface area contributed by atoms with Gasteiger partial charge in [-0.2, -0.15) is 0 Å². The highest BCUT2D eigenvalue weighted by Crippen LogP contribution is 2.25. The van der Waals surface area contributed by atoms with Crippen LogP contribution in [0.15, 0.2) is 42.6 Å². The minimum absolute atomic E-state index is 0. The molecule has 6 nitrogen and oxygen atoms in total. The van der Waals surface area contributed by atoms with Crippen LogP contribution in [0.2, 0.25) is 0 Å². The van der Waals surface area contributed by atoms with Crippen molar-refractivity contribution in [2.75, 3.05) is 19.8 Å². The molecule has 164 valence electrons. The van der Waals surface area contributed by atoms with Crippen LogP contribution in [0, 0.1) is 0 Å². The molecule has 2 aliphatic heterocycles. The van der Waals surface area contributed by atoms with E-state index in [1.165, 1.54) is 11.1 Å². The average molecular weight is 454 g/mol. The summed E-state index contributed by atoms with van der Waals surface area (Å²) in [5.41, 5.74) is 4.06. The van der Waals surface area contributed by atoms with E-state index in [4.69, 9.17) is 4.74 Å². The zero-order valence-corrected chi connectivity index (χ0v) is 18.4. The van der Waals surface area contributed by atoms with Crippen molar-refractivity contribution in [2.24, 2.45) is 0 Å². The standard InChI is InChI=1S/C22H27N3O3.2ClH/c26-21(20-11-16-3-1-2-4-18(16)13-24-20)14-25-22(27)17-5-8-23-19(12-17)15-6-9-28-10-7-15;;/h1-5,8,12,15,20-21,24,26H,6-7,9-11,13-14H2,(H,25,27);2*1H/t20-,21+;;/m0../s1. The lowest BCUT2D eigenvalue weighted by Gasteiger charge is -2.30. The van der Waals surface area contributed by atoms with Gasteiger partial charge in [0.15, 0.2) is 0 Å². The van der Waals surface area contributed by atoms with Gasteiger partial charge in [-0.3, -0.25) is 9.78 Å². The summed E-state index contributed by atoms with van der Waals surface area (Å²) in [5.74, 6) is 0.171. The van der Waals surface area contributed by atoms with Gasteiger partial charge in [0.05, 0.1) is 6.10 Å². The Hall–Kier alpha value is -1.70. The number of rotatable bonds is 5. The van der Waals surface area contributed by atoms with Gasteiger partial charge in [0.25, 0.3) is 5.91 Å². The zero-order valence-electron chi connectivity index (χ0n) is 16.8. The number of nitrogens with zero attached hydrogens (tertiary/aromatic N) is 1. The summed E-state index contributed by atoms with van der Waals surface area (Å²) >= 11 is 0. The van der Waals surface area contributed by atoms with Crippen molar-refractivity contribution in [3.05, 3.63) is 65.0 Å². The molecule has 4 rings (SSSR count). The Labute approximate surface area is 189 Å². The molecule has 30 heavy (non-hydrogen) atoms. The van der Waals surface area contributed by atoms with Crippen LogP contribution in [0.3, 0.4) is 0 Å². The largest absolute Gasteiger partial charge is 0.390 e. The molecule has 3 heterocycles. The van der Waals surface area contributed by atoms with Gasteiger partial charge in [0.2, 0.25) is 0 Å². The molecule has 0 aliphatic carbocycles. The number of nitrogens with one attached hydrogen (secondary N) is 2. The highest BCUT2D eigenvalue weighted by molar-refractivity contribution is 5.94. The Morgan fingerprint density at radius 1 is 1.20 bits per heavy atom.